The standard InChI is InChI=1S/C14H18N2S/c15-8-2-1-3-10-4-7-12-13(9-10)17-14(16-12)11-5-6-11/h4,7,9,11H,1-3,5-6,8,15H2. The number of aryl methyl sites for hydroxylation is 1. The van der Waals surface area contributed by atoms with Gasteiger partial charge in [0, 0.05) is 5.92 Å². The van der Waals surface area contributed by atoms with Gasteiger partial charge in [0.15, 0.2) is 0 Å². The number of hydrogen-bond acceptors (Lipinski definition) is 3. The molecule has 0 spiro atoms. The lowest BCUT2D eigenvalue weighted by molar-refractivity contribution is 0.745. The van der Waals surface area contributed by atoms with Gasteiger partial charge in [0.05, 0.1) is 15.2 Å². The van der Waals surface area contributed by atoms with Crippen molar-refractivity contribution in [3.05, 3.63) is 28.8 Å². The first kappa shape index (κ1) is 11.2. The quantitative estimate of drug-likeness (QED) is 0.821. The molecular formula is C14H18N2S. The topological polar surface area (TPSA) is 38.9 Å². The predicted octanol–water partition coefficient (Wildman–Crippen LogP) is 3.46. The van der Waals surface area contributed by atoms with E-state index >= 15 is 0 Å². The second kappa shape index (κ2) is 4.75. The van der Waals surface area contributed by atoms with Gasteiger partial charge >= 0.3 is 0 Å². The van der Waals surface area contributed by atoms with Crippen LogP contribution in [0.15, 0.2) is 18.2 Å². The summed E-state index contributed by atoms with van der Waals surface area (Å²) < 4.78 is 1.36. The van der Waals surface area contributed by atoms with Crippen molar-refractivity contribution in [3.63, 3.8) is 0 Å². The molecule has 1 fully saturated rings. The van der Waals surface area contributed by atoms with Crippen molar-refractivity contribution >= 4 is 21.6 Å². The molecule has 0 unspecified atom stereocenters. The van der Waals surface area contributed by atoms with Gasteiger partial charge in [0.1, 0.15) is 0 Å². The second-order valence-corrected chi connectivity index (χ2v) is 5.94. The Morgan fingerprint density at radius 2 is 2.18 bits per heavy atom. The van der Waals surface area contributed by atoms with Crippen LogP contribution in [-0.4, -0.2) is 11.5 Å². The van der Waals surface area contributed by atoms with Gasteiger partial charge in [-0.25, -0.2) is 4.98 Å². The number of aromatic nitrogens is 1. The first-order chi connectivity index (χ1) is 8.36. The van der Waals surface area contributed by atoms with Crippen molar-refractivity contribution in [2.45, 2.75) is 38.0 Å². The molecule has 0 aliphatic heterocycles. The molecule has 17 heavy (non-hydrogen) atoms. The Morgan fingerprint density at radius 3 is 2.94 bits per heavy atom. The van der Waals surface area contributed by atoms with Gasteiger partial charge in [-0.05, 0) is 56.3 Å². The smallest absolute Gasteiger partial charge is 0.0969 e. The molecule has 1 aromatic carbocycles. The van der Waals surface area contributed by atoms with Crippen LogP contribution in [0, 0.1) is 0 Å². The van der Waals surface area contributed by atoms with Crippen molar-refractivity contribution in [1.29, 1.82) is 0 Å². The molecule has 2 nitrogen and oxygen atoms in total. The number of nitrogens with zero attached hydrogens (tertiary/aromatic N) is 1. The van der Waals surface area contributed by atoms with Crippen molar-refractivity contribution in [2.75, 3.05) is 6.54 Å². The van der Waals surface area contributed by atoms with Crippen LogP contribution in [0.3, 0.4) is 0 Å². The van der Waals surface area contributed by atoms with Gasteiger partial charge in [-0.1, -0.05) is 6.07 Å². The van der Waals surface area contributed by atoms with Gasteiger partial charge in [-0.3, -0.25) is 0 Å². The zero-order valence-corrected chi connectivity index (χ0v) is 10.8. The number of thiazole rings is 1. The van der Waals surface area contributed by atoms with E-state index < -0.39 is 0 Å². The summed E-state index contributed by atoms with van der Waals surface area (Å²) in [6.45, 7) is 0.800. The van der Waals surface area contributed by atoms with Crippen molar-refractivity contribution in [3.8, 4) is 0 Å². The van der Waals surface area contributed by atoms with E-state index in [2.05, 4.69) is 18.2 Å². The molecule has 0 radical (unpaired) electrons. The molecule has 0 bridgehead atoms. The van der Waals surface area contributed by atoms with Crippen LogP contribution in [0.1, 0.15) is 42.2 Å². The summed E-state index contributed by atoms with van der Waals surface area (Å²) in [6, 6.07) is 6.71. The third-order valence-corrected chi connectivity index (χ3v) is 4.50. The second-order valence-electron chi connectivity index (χ2n) is 4.87. The van der Waals surface area contributed by atoms with E-state index in [0.29, 0.717) is 0 Å². The Labute approximate surface area is 106 Å². The van der Waals surface area contributed by atoms with Gasteiger partial charge in [-0.2, -0.15) is 0 Å². The number of unbranched alkanes of at least 4 members (excludes halogenated alkanes) is 1. The number of hydrogen-bond donors (Lipinski definition) is 1. The van der Waals surface area contributed by atoms with Gasteiger partial charge in [0.2, 0.25) is 0 Å². The molecule has 0 atom stereocenters. The average Bonchev–Trinajstić information content (AvgIpc) is 3.10. The molecule has 0 saturated heterocycles. The third kappa shape index (κ3) is 2.50. The lowest BCUT2D eigenvalue weighted by Gasteiger charge is -1.99. The van der Waals surface area contributed by atoms with Crippen LogP contribution in [0.25, 0.3) is 10.2 Å². The Kier molecular flexibility index (Phi) is 3.12. The fourth-order valence-electron chi connectivity index (χ4n) is 2.12. The van der Waals surface area contributed by atoms with E-state index in [1.807, 2.05) is 11.3 Å². The summed E-state index contributed by atoms with van der Waals surface area (Å²) >= 11 is 1.89. The van der Waals surface area contributed by atoms with Gasteiger partial charge in [-0.15, -0.1) is 11.3 Å². The SMILES string of the molecule is NCCCCc1ccc2nc(C3CC3)sc2c1. The zero-order chi connectivity index (χ0) is 11.7. The minimum Gasteiger partial charge on any atom is -0.330 e. The average molecular weight is 246 g/mol. The maximum Gasteiger partial charge on any atom is 0.0969 e. The summed E-state index contributed by atoms with van der Waals surface area (Å²) in [6.07, 6.45) is 6.13. The summed E-state index contributed by atoms with van der Waals surface area (Å²) in [5.41, 5.74) is 8.13. The minimum atomic E-state index is 0.771. The molecule has 1 saturated carbocycles. The van der Waals surface area contributed by atoms with Gasteiger partial charge < -0.3 is 5.73 Å². The molecular weight excluding hydrogens is 228 g/mol. The Bertz CT molecular complexity index is 514. The summed E-state index contributed by atoms with van der Waals surface area (Å²) in [5.74, 6) is 0.771. The molecule has 1 aliphatic rings. The van der Waals surface area contributed by atoms with Crippen LogP contribution in [-0.2, 0) is 6.42 Å². The van der Waals surface area contributed by atoms with E-state index in [9.17, 15) is 0 Å². The summed E-state index contributed by atoms with van der Waals surface area (Å²) in [4.78, 5) is 4.71. The van der Waals surface area contributed by atoms with E-state index in [1.54, 1.807) is 0 Å². The Balaban J connectivity index is 1.79. The fourth-order valence-corrected chi connectivity index (χ4v) is 3.32. The number of fused-ring (bicyclic) bond motifs is 1. The van der Waals surface area contributed by atoms with Crippen molar-refractivity contribution < 1.29 is 0 Å². The van der Waals surface area contributed by atoms with Crippen molar-refractivity contribution in [1.82, 2.24) is 4.98 Å². The fraction of sp³-hybridized carbons (Fsp3) is 0.500. The van der Waals surface area contributed by atoms with Gasteiger partial charge in [0.25, 0.3) is 0 Å². The monoisotopic (exact) mass is 246 g/mol. The number of benzene rings is 1. The molecule has 3 rings (SSSR count). The van der Waals surface area contributed by atoms with Crippen LogP contribution < -0.4 is 5.73 Å². The first-order valence-electron chi connectivity index (χ1n) is 6.46. The van der Waals surface area contributed by atoms with E-state index in [1.165, 1.54) is 40.1 Å². The number of nitrogens with two attached hydrogens (primary N) is 1. The van der Waals surface area contributed by atoms with E-state index in [0.717, 1.165) is 25.3 Å². The lowest BCUT2D eigenvalue weighted by atomic mass is 10.1. The maximum absolute atomic E-state index is 5.52. The lowest BCUT2D eigenvalue weighted by Crippen LogP contribution is -1.98. The third-order valence-electron chi connectivity index (χ3n) is 3.32. The summed E-state index contributed by atoms with van der Waals surface area (Å²) in [5, 5.41) is 1.35. The normalized spacial score (nSPS) is 15.6. The molecule has 1 aromatic heterocycles. The van der Waals surface area contributed by atoms with Crippen LogP contribution in [0.2, 0.25) is 0 Å². The molecule has 2 N–H and O–H groups in total. The Hall–Kier alpha value is -0.930. The first-order valence-corrected chi connectivity index (χ1v) is 7.28. The largest absolute Gasteiger partial charge is 0.330 e. The van der Waals surface area contributed by atoms with Crippen LogP contribution in [0.5, 0.6) is 0 Å². The highest BCUT2D eigenvalue weighted by atomic mass is 32.1. The predicted molar refractivity (Wildman–Crippen MR) is 73.6 cm³/mol. The molecule has 2 aromatic rings. The molecule has 3 heteroatoms. The van der Waals surface area contributed by atoms with Crippen LogP contribution in [0.4, 0.5) is 0 Å². The Morgan fingerprint density at radius 1 is 1.29 bits per heavy atom. The van der Waals surface area contributed by atoms with E-state index in [4.69, 9.17) is 10.7 Å². The highest BCUT2D eigenvalue weighted by molar-refractivity contribution is 7.18. The highest BCUT2D eigenvalue weighted by Gasteiger charge is 2.26. The number of rotatable bonds is 5. The molecule has 1 aliphatic carbocycles. The van der Waals surface area contributed by atoms with Crippen LogP contribution >= 0.6 is 11.3 Å². The summed E-state index contributed by atoms with van der Waals surface area (Å²) in [7, 11) is 0. The molecule has 0 amide bonds. The molecule has 90 valence electrons. The zero-order valence-electron chi connectivity index (χ0n) is 9.98. The van der Waals surface area contributed by atoms with E-state index in [-0.39, 0.29) is 0 Å². The molecule has 1 heterocycles. The minimum absolute atomic E-state index is 0.771. The van der Waals surface area contributed by atoms with Crippen molar-refractivity contribution in [2.24, 2.45) is 5.73 Å². The maximum atomic E-state index is 5.52. The highest BCUT2D eigenvalue weighted by Crippen LogP contribution is 2.43.